The minimum absolute atomic E-state index is 0.000702. The zero-order valence-corrected chi connectivity index (χ0v) is 17.6. The number of imidazole rings is 1. The Kier molecular flexibility index (Phi) is 5.15. The minimum Gasteiger partial charge on any atom is -0.507 e. The fraction of sp³-hybridized carbons (Fsp3) is 0. The number of phenols is 1. The number of aromatic nitrogens is 4. The van der Waals surface area contributed by atoms with Crippen LogP contribution in [0.25, 0.3) is 28.2 Å². The number of nitrogens with zero attached hydrogens (tertiary/aromatic N) is 5. The smallest absolute Gasteiger partial charge is 0.332 e. The molecule has 2 aromatic heterocycles. The van der Waals surface area contributed by atoms with Gasteiger partial charge >= 0.3 is 5.69 Å². The molecule has 5 aromatic rings. The van der Waals surface area contributed by atoms with Gasteiger partial charge in [0.15, 0.2) is 17.2 Å². The van der Waals surface area contributed by atoms with Crippen molar-refractivity contribution in [1.82, 2.24) is 19.5 Å². The first kappa shape index (κ1) is 20.8. The Balaban J connectivity index is 1.69. The summed E-state index contributed by atoms with van der Waals surface area (Å²) in [7, 11) is 0. The summed E-state index contributed by atoms with van der Waals surface area (Å²) in [5.74, 6) is -0.994. The van der Waals surface area contributed by atoms with Gasteiger partial charge in [-0.3, -0.25) is 4.79 Å². The number of benzene rings is 3. The van der Waals surface area contributed by atoms with E-state index in [1.54, 1.807) is 42.5 Å². The number of nitrogens with one attached hydrogen (secondary N) is 1. The predicted octanol–water partition coefficient (Wildman–Crippen LogP) is 4.00. The van der Waals surface area contributed by atoms with Crippen LogP contribution >= 0.6 is 0 Å². The van der Waals surface area contributed by atoms with Crippen LogP contribution in [0.5, 0.6) is 5.75 Å². The number of aromatic hydroxyl groups is 1. The summed E-state index contributed by atoms with van der Waals surface area (Å²) in [5.41, 5.74) is 6.92. The largest absolute Gasteiger partial charge is 0.507 e. The Morgan fingerprint density at radius 3 is 2.29 bits per heavy atom. The highest BCUT2D eigenvalue weighted by Gasteiger charge is 2.21. The molecule has 0 aliphatic rings. The summed E-state index contributed by atoms with van der Waals surface area (Å²) in [6, 6.07) is 22.5. The van der Waals surface area contributed by atoms with Crippen molar-refractivity contribution in [1.29, 1.82) is 0 Å². The van der Waals surface area contributed by atoms with Crippen LogP contribution in [-0.4, -0.2) is 30.5 Å². The van der Waals surface area contributed by atoms with Crippen LogP contribution < -0.4 is 11.4 Å². The number of aromatic amines is 1. The highest BCUT2D eigenvalue weighted by Crippen LogP contribution is 2.32. The lowest BCUT2D eigenvalue weighted by molar-refractivity contribution is 0.0997. The molecule has 166 valence electrons. The van der Waals surface area contributed by atoms with E-state index < -0.39 is 11.6 Å². The van der Waals surface area contributed by atoms with Crippen molar-refractivity contribution < 1.29 is 9.90 Å². The average molecular weight is 451 g/mol. The van der Waals surface area contributed by atoms with E-state index in [2.05, 4.69) is 25.2 Å². The molecule has 34 heavy (non-hydrogen) atoms. The Bertz CT molecular complexity index is 1610. The second-order valence-electron chi connectivity index (χ2n) is 7.30. The Morgan fingerprint density at radius 1 is 0.912 bits per heavy atom. The number of amides is 1. The van der Waals surface area contributed by atoms with Gasteiger partial charge in [-0.05, 0) is 42.5 Å². The molecule has 10 heteroatoms. The Hall–Kier alpha value is -5.12. The number of fused-ring (bicyclic) bond motifs is 1. The van der Waals surface area contributed by atoms with Gasteiger partial charge in [0.2, 0.25) is 0 Å². The van der Waals surface area contributed by atoms with Crippen LogP contribution in [-0.2, 0) is 0 Å². The number of hydrogen-bond donors (Lipinski definition) is 3. The van der Waals surface area contributed by atoms with E-state index in [9.17, 15) is 14.7 Å². The highest BCUT2D eigenvalue weighted by molar-refractivity contribution is 6.02. The summed E-state index contributed by atoms with van der Waals surface area (Å²) in [6.45, 7) is 0. The summed E-state index contributed by atoms with van der Waals surface area (Å²) >= 11 is 0. The van der Waals surface area contributed by atoms with E-state index >= 15 is 0 Å². The molecule has 0 saturated carbocycles. The molecule has 0 unspecified atom stereocenters. The van der Waals surface area contributed by atoms with Gasteiger partial charge in [-0.15, -0.1) is 0 Å². The highest BCUT2D eigenvalue weighted by atomic mass is 16.3. The number of hydrogen-bond acceptors (Lipinski definition) is 7. The van der Waals surface area contributed by atoms with Crippen molar-refractivity contribution in [3.8, 4) is 22.8 Å². The lowest BCUT2D eigenvalue weighted by atomic mass is 10.1. The number of phenolic OH excluding ortho intramolecular Hbond substituents is 1. The monoisotopic (exact) mass is 451 g/mol. The molecule has 0 bridgehead atoms. The summed E-state index contributed by atoms with van der Waals surface area (Å²) in [4.78, 5) is 36.2. The first-order valence-electron chi connectivity index (χ1n) is 10.2. The number of nitrogens with two attached hydrogens (primary N) is 1. The van der Waals surface area contributed by atoms with Gasteiger partial charge in [0.25, 0.3) is 5.91 Å². The lowest BCUT2D eigenvalue weighted by Gasteiger charge is -2.08. The number of rotatable bonds is 5. The van der Waals surface area contributed by atoms with E-state index in [-0.39, 0.29) is 34.0 Å². The molecule has 10 nitrogen and oxygen atoms in total. The predicted molar refractivity (Wildman–Crippen MR) is 126 cm³/mol. The average Bonchev–Trinajstić information content (AvgIpc) is 3.19. The quantitative estimate of drug-likeness (QED) is 0.345. The molecule has 3 aromatic carbocycles. The van der Waals surface area contributed by atoms with E-state index in [1.807, 2.05) is 24.3 Å². The van der Waals surface area contributed by atoms with Crippen molar-refractivity contribution in [3.05, 3.63) is 95.0 Å². The molecule has 5 rings (SSSR count). The molecule has 0 saturated heterocycles. The van der Waals surface area contributed by atoms with Crippen molar-refractivity contribution in [2.45, 2.75) is 0 Å². The maximum Gasteiger partial charge on any atom is 0.332 e. The van der Waals surface area contributed by atoms with E-state index in [0.29, 0.717) is 17.1 Å². The molecule has 1 amide bonds. The van der Waals surface area contributed by atoms with Gasteiger partial charge in [-0.2, -0.15) is 10.2 Å². The number of para-hydroxylation sites is 1. The van der Waals surface area contributed by atoms with Crippen molar-refractivity contribution in [2.75, 3.05) is 0 Å². The van der Waals surface area contributed by atoms with Crippen LogP contribution in [0.3, 0.4) is 0 Å². The van der Waals surface area contributed by atoms with Gasteiger partial charge in [0.1, 0.15) is 11.3 Å². The van der Waals surface area contributed by atoms with Crippen LogP contribution in [0.15, 0.2) is 93.9 Å². The Morgan fingerprint density at radius 2 is 1.59 bits per heavy atom. The minimum atomic E-state index is -0.852. The maximum atomic E-state index is 12.7. The zero-order chi connectivity index (χ0) is 23.7. The second kappa shape index (κ2) is 8.43. The molecule has 0 atom stereocenters. The summed E-state index contributed by atoms with van der Waals surface area (Å²) in [5, 5.41) is 18.9. The van der Waals surface area contributed by atoms with Crippen LogP contribution in [0.1, 0.15) is 10.5 Å². The normalized spacial score (nSPS) is 11.3. The molecule has 0 fully saturated rings. The maximum absolute atomic E-state index is 12.7. The molecule has 0 aliphatic carbocycles. The van der Waals surface area contributed by atoms with Gasteiger partial charge in [-0.1, -0.05) is 36.4 Å². The first-order valence-corrected chi connectivity index (χ1v) is 10.2. The fourth-order valence-electron chi connectivity index (χ4n) is 3.48. The van der Waals surface area contributed by atoms with Gasteiger partial charge in [0, 0.05) is 0 Å². The third-order valence-corrected chi connectivity index (χ3v) is 5.04. The molecular weight excluding hydrogens is 434 g/mol. The van der Waals surface area contributed by atoms with E-state index in [4.69, 9.17) is 5.73 Å². The molecule has 4 N–H and O–H groups in total. The van der Waals surface area contributed by atoms with Gasteiger partial charge in [0.05, 0.1) is 22.6 Å². The number of carbonyl (C=O) groups is 1. The topological polar surface area (TPSA) is 152 Å². The third kappa shape index (κ3) is 3.79. The first-order chi connectivity index (χ1) is 16.5. The van der Waals surface area contributed by atoms with E-state index in [0.717, 1.165) is 0 Å². The second-order valence-corrected chi connectivity index (χ2v) is 7.30. The molecule has 0 radical (unpaired) electrons. The van der Waals surface area contributed by atoms with Crippen molar-refractivity contribution in [3.63, 3.8) is 0 Å². The fourth-order valence-corrected chi connectivity index (χ4v) is 3.48. The van der Waals surface area contributed by atoms with Crippen LogP contribution in [0, 0.1) is 0 Å². The van der Waals surface area contributed by atoms with Crippen molar-refractivity contribution in [2.24, 2.45) is 16.0 Å². The lowest BCUT2D eigenvalue weighted by Crippen LogP contribution is -2.15. The van der Waals surface area contributed by atoms with Crippen molar-refractivity contribution >= 4 is 28.4 Å². The summed E-state index contributed by atoms with van der Waals surface area (Å²) < 4.78 is 1.31. The molecule has 2 heterocycles. The molecule has 0 aliphatic heterocycles. The third-order valence-electron chi connectivity index (χ3n) is 5.04. The SMILES string of the molecule is NC(=O)c1nc(-c2cc(N=Nc3ccccc3)ccc2O)nc2c1[nH]c(=O)n2-c1ccccc1. The molecule has 0 spiro atoms. The number of H-pyrrole nitrogens is 1. The van der Waals surface area contributed by atoms with Crippen LogP contribution in [0.4, 0.5) is 11.4 Å². The number of primary amides is 1. The molecular formula is C24H17N7O3. The number of azo groups is 1. The standard InChI is InChI=1S/C24H17N7O3/c25-21(33)19-20-23(31(24(34)27-20)16-9-5-2-6-10-16)28-22(26-19)17-13-15(11-12-18(17)32)30-29-14-7-3-1-4-8-14/h1-13,32H,(H2,25,33)(H,27,34). The van der Waals surface area contributed by atoms with Gasteiger partial charge < -0.3 is 15.8 Å². The Labute approximate surface area is 192 Å². The van der Waals surface area contributed by atoms with Crippen LogP contribution in [0.2, 0.25) is 0 Å². The zero-order valence-electron chi connectivity index (χ0n) is 17.6. The van der Waals surface area contributed by atoms with Gasteiger partial charge in [-0.25, -0.2) is 19.3 Å². The summed E-state index contributed by atoms with van der Waals surface area (Å²) in [6.07, 6.45) is 0. The van der Waals surface area contributed by atoms with E-state index in [1.165, 1.54) is 16.7 Å². The number of carbonyl (C=O) groups excluding carboxylic acids is 1.